The molecule has 0 radical (unpaired) electrons. The molecule has 3 N–H and O–H groups in total. The van der Waals surface area contributed by atoms with E-state index in [4.69, 9.17) is 10.5 Å². The molecule has 2 amide bonds. The van der Waals surface area contributed by atoms with Crippen LogP contribution in [0, 0.1) is 5.92 Å². The average molecular weight is 355 g/mol. The maximum Gasteiger partial charge on any atom is 0.320 e. The summed E-state index contributed by atoms with van der Waals surface area (Å²) in [5.41, 5.74) is 8.48. The molecule has 3 heterocycles. The summed E-state index contributed by atoms with van der Waals surface area (Å²) >= 11 is 0. The van der Waals surface area contributed by atoms with Crippen molar-refractivity contribution in [2.24, 2.45) is 5.92 Å². The average Bonchev–Trinajstić information content (AvgIpc) is 2.97. The molecule has 138 valence electrons. The van der Waals surface area contributed by atoms with Gasteiger partial charge in [0.2, 0.25) is 0 Å². The molecular formula is C19H25N5O2. The number of fused-ring (bicyclic) bond motifs is 1. The van der Waals surface area contributed by atoms with Crippen molar-refractivity contribution in [2.45, 2.75) is 26.3 Å². The van der Waals surface area contributed by atoms with Gasteiger partial charge in [0.25, 0.3) is 0 Å². The first kappa shape index (κ1) is 16.8. The summed E-state index contributed by atoms with van der Waals surface area (Å²) in [5, 5.41) is 6.97. The summed E-state index contributed by atoms with van der Waals surface area (Å²) in [4.78, 5) is 16.8. The van der Waals surface area contributed by atoms with Gasteiger partial charge in [0.15, 0.2) is 0 Å². The molecule has 1 fully saturated rings. The lowest BCUT2D eigenvalue weighted by atomic mass is 9.99. The Morgan fingerprint density at radius 3 is 2.77 bits per heavy atom. The molecule has 1 aromatic heterocycles. The van der Waals surface area contributed by atoms with Crippen molar-refractivity contribution in [3.05, 3.63) is 29.8 Å². The summed E-state index contributed by atoms with van der Waals surface area (Å²) in [7, 11) is 0. The van der Waals surface area contributed by atoms with Crippen LogP contribution in [0.5, 0.6) is 5.75 Å². The zero-order chi connectivity index (χ0) is 18.1. The Bertz CT molecular complexity index is 795. The van der Waals surface area contributed by atoms with Gasteiger partial charge >= 0.3 is 6.03 Å². The molecule has 0 spiro atoms. The van der Waals surface area contributed by atoms with Gasteiger partial charge in [-0.05, 0) is 37.0 Å². The highest BCUT2D eigenvalue weighted by Gasteiger charge is 2.27. The minimum atomic E-state index is 0.114. The molecular weight excluding hydrogens is 330 g/mol. The largest absolute Gasteiger partial charge is 0.491 e. The second kappa shape index (κ2) is 6.90. The van der Waals surface area contributed by atoms with Gasteiger partial charge in [-0.1, -0.05) is 6.92 Å². The molecule has 7 nitrogen and oxygen atoms in total. The summed E-state index contributed by atoms with van der Waals surface area (Å²) in [6, 6.07) is 7.87. The molecule has 0 aliphatic carbocycles. The smallest absolute Gasteiger partial charge is 0.320 e. The number of hydrogen-bond donors (Lipinski definition) is 2. The maximum absolute atomic E-state index is 12.9. The van der Waals surface area contributed by atoms with Gasteiger partial charge < -0.3 is 20.3 Å². The standard InChI is InChI=1S/C19H25N5O2/c1-13-4-6-23(7-5-13)19(25)24-8-9-26-17-3-2-14(10-15(17)12-24)16-11-18(20)22-21-16/h2-3,10-11,13H,4-9,12H2,1H3,(H3,20,21,22). The van der Waals surface area contributed by atoms with Crippen LogP contribution in [0.4, 0.5) is 10.6 Å². The van der Waals surface area contributed by atoms with Crippen LogP contribution in [0.1, 0.15) is 25.3 Å². The normalized spacial score (nSPS) is 18.2. The number of aromatic nitrogens is 2. The molecule has 2 aliphatic heterocycles. The Balaban J connectivity index is 1.54. The lowest BCUT2D eigenvalue weighted by molar-refractivity contribution is 0.129. The zero-order valence-corrected chi connectivity index (χ0v) is 15.1. The number of ether oxygens (including phenoxy) is 1. The minimum absolute atomic E-state index is 0.114. The van der Waals surface area contributed by atoms with E-state index in [1.807, 2.05) is 28.0 Å². The Kier molecular flexibility index (Phi) is 4.44. The molecule has 0 atom stereocenters. The monoisotopic (exact) mass is 355 g/mol. The molecule has 0 saturated carbocycles. The highest BCUT2D eigenvalue weighted by molar-refractivity contribution is 5.75. The Morgan fingerprint density at radius 2 is 2.04 bits per heavy atom. The molecule has 2 aliphatic rings. The maximum atomic E-state index is 12.9. The van der Waals surface area contributed by atoms with E-state index in [1.54, 1.807) is 6.07 Å². The van der Waals surface area contributed by atoms with Gasteiger partial charge in [0, 0.05) is 30.3 Å². The lowest BCUT2D eigenvalue weighted by Gasteiger charge is -2.34. The van der Waals surface area contributed by atoms with Crippen molar-refractivity contribution in [3.8, 4) is 17.0 Å². The third-order valence-corrected chi connectivity index (χ3v) is 5.26. The van der Waals surface area contributed by atoms with E-state index in [1.165, 1.54) is 0 Å². The van der Waals surface area contributed by atoms with Crippen molar-refractivity contribution >= 4 is 11.8 Å². The van der Waals surface area contributed by atoms with Crippen molar-refractivity contribution in [1.29, 1.82) is 0 Å². The molecule has 1 aromatic carbocycles. The number of carbonyl (C=O) groups excluding carboxylic acids is 1. The second-order valence-electron chi connectivity index (χ2n) is 7.25. The van der Waals surface area contributed by atoms with Crippen molar-refractivity contribution in [2.75, 3.05) is 32.0 Å². The number of likely N-dealkylation sites (tertiary alicyclic amines) is 1. The van der Waals surface area contributed by atoms with Gasteiger partial charge in [-0.15, -0.1) is 0 Å². The van der Waals surface area contributed by atoms with Crippen LogP contribution in [0.15, 0.2) is 24.3 Å². The number of piperidine rings is 1. The van der Waals surface area contributed by atoms with Gasteiger partial charge in [0.1, 0.15) is 18.2 Å². The number of hydrogen-bond acceptors (Lipinski definition) is 4. The first-order valence-electron chi connectivity index (χ1n) is 9.21. The number of anilines is 1. The fraction of sp³-hybridized carbons (Fsp3) is 0.474. The van der Waals surface area contributed by atoms with Crippen molar-refractivity contribution < 1.29 is 9.53 Å². The lowest BCUT2D eigenvalue weighted by Crippen LogP contribution is -2.46. The van der Waals surface area contributed by atoms with Crippen LogP contribution in [-0.4, -0.2) is 52.3 Å². The van der Waals surface area contributed by atoms with Crippen molar-refractivity contribution in [1.82, 2.24) is 20.0 Å². The molecule has 26 heavy (non-hydrogen) atoms. The fourth-order valence-corrected chi connectivity index (χ4v) is 3.60. The highest BCUT2D eigenvalue weighted by Crippen LogP contribution is 2.29. The van der Waals surface area contributed by atoms with Crippen LogP contribution in [0.2, 0.25) is 0 Å². The zero-order valence-electron chi connectivity index (χ0n) is 15.1. The minimum Gasteiger partial charge on any atom is -0.491 e. The molecule has 2 aromatic rings. The summed E-state index contributed by atoms with van der Waals surface area (Å²) in [6.07, 6.45) is 2.16. The number of H-pyrrole nitrogens is 1. The molecule has 0 bridgehead atoms. The van der Waals surface area contributed by atoms with Crippen LogP contribution in [0.25, 0.3) is 11.3 Å². The van der Waals surface area contributed by atoms with Gasteiger partial charge in [-0.25, -0.2) is 4.79 Å². The molecule has 0 unspecified atom stereocenters. The summed E-state index contributed by atoms with van der Waals surface area (Å²) in [5.74, 6) is 2.07. The van der Waals surface area contributed by atoms with E-state index in [-0.39, 0.29) is 6.03 Å². The quantitative estimate of drug-likeness (QED) is 0.823. The number of nitrogens with two attached hydrogens (primary N) is 1. The third-order valence-electron chi connectivity index (χ3n) is 5.26. The van der Waals surface area contributed by atoms with Crippen molar-refractivity contribution in [3.63, 3.8) is 0 Å². The molecule has 7 heteroatoms. The van der Waals surface area contributed by atoms with E-state index >= 15 is 0 Å². The topological polar surface area (TPSA) is 87.5 Å². The van der Waals surface area contributed by atoms with E-state index in [0.29, 0.717) is 31.4 Å². The number of aromatic amines is 1. The van der Waals surface area contributed by atoms with Crippen LogP contribution >= 0.6 is 0 Å². The van der Waals surface area contributed by atoms with Crippen LogP contribution in [0.3, 0.4) is 0 Å². The summed E-state index contributed by atoms with van der Waals surface area (Å²) < 4.78 is 5.86. The number of rotatable bonds is 1. The first-order valence-corrected chi connectivity index (χ1v) is 9.21. The number of nitrogens with zero attached hydrogens (tertiary/aromatic N) is 3. The molecule has 4 rings (SSSR count). The Morgan fingerprint density at radius 1 is 1.23 bits per heavy atom. The van der Waals surface area contributed by atoms with Gasteiger partial charge in [0.05, 0.1) is 18.8 Å². The Labute approximate surface area is 153 Å². The number of amides is 2. The number of nitrogen functional groups attached to an aromatic ring is 1. The van der Waals surface area contributed by atoms with E-state index in [2.05, 4.69) is 17.1 Å². The first-order chi connectivity index (χ1) is 12.6. The van der Waals surface area contributed by atoms with Gasteiger partial charge in [-0.3, -0.25) is 5.10 Å². The van der Waals surface area contributed by atoms with Gasteiger partial charge in [-0.2, -0.15) is 5.10 Å². The van der Waals surface area contributed by atoms with Crippen LogP contribution < -0.4 is 10.5 Å². The van der Waals surface area contributed by atoms with Crippen LogP contribution in [-0.2, 0) is 6.54 Å². The number of urea groups is 1. The predicted octanol–water partition coefficient (Wildman–Crippen LogP) is 2.71. The predicted molar refractivity (Wildman–Crippen MR) is 99.7 cm³/mol. The fourth-order valence-electron chi connectivity index (χ4n) is 3.60. The second-order valence-corrected chi connectivity index (χ2v) is 7.25. The number of carbonyl (C=O) groups is 1. The van der Waals surface area contributed by atoms with E-state index < -0.39 is 0 Å². The number of nitrogens with one attached hydrogen (secondary N) is 1. The SMILES string of the molecule is CC1CCN(C(=O)N2CCOc3ccc(-c4cc(N)[nH]n4)cc3C2)CC1. The summed E-state index contributed by atoms with van der Waals surface area (Å²) in [6.45, 7) is 5.60. The number of benzene rings is 1. The van der Waals surface area contributed by atoms with E-state index in [0.717, 1.165) is 48.5 Å². The van der Waals surface area contributed by atoms with E-state index in [9.17, 15) is 4.79 Å². The Hall–Kier alpha value is -2.70. The highest BCUT2D eigenvalue weighted by atomic mass is 16.5. The third kappa shape index (κ3) is 3.34. The molecule has 1 saturated heterocycles.